The molecule has 0 spiro atoms. The maximum Gasteiger partial charge on any atom is 0.323 e. The second-order valence-corrected chi connectivity index (χ2v) is 8.39. The van der Waals surface area contributed by atoms with E-state index >= 15 is 0 Å². The van der Waals surface area contributed by atoms with Gasteiger partial charge in [0.1, 0.15) is 5.69 Å². The maximum absolute atomic E-state index is 13.5. The molecule has 0 aliphatic carbocycles. The molecule has 0 unspecified atom stereocenters. The summed E-state index contributed by atoms with van der Waals surface area (Å²) < 4.78 is 0. The standard InChI is InChI=1S/C22H28N4O3/c1-15(27)25-12-8-4-7-11-19-22(25,2)13-18(16-9-5-3-6-10-16)26(19)20(28)17-14-23-21(29)24-17/h3,5-6,9-10,14,18-19H,4,7-8,11-13H2,1-2H3,(H2,23,24,29)/t18-,19-,22-/m0/s1. The number of nitrogens with one attached hydrogen (secondary N) is 2. The van der Waals surface area contributed by atoms with Crippen molar-refractivity contribution in [3.05, 3.63) is 58.3 Å². The molecule has 7 nitrogen and oxygen atoms in total. The fourth-order valence-electron chi connectivity index (χ4n) is 5.26. The van der Waals surface area contributed by atoms with Gasteiger partial charge >= 0.3 is 5.69 Å². The lowest BCUT2D eigenvalue weighted by atomic mass is 9.83. The van der Waals surface area contributed by atoms with E-state index in [0.29, 0.717) is 13.0 Å². The van der Waals surface area contributed by atoms with Crippen LogP contribution >= 0.6 is 0 Å². The number of imidazole rings is 1. The van der Waals surface area contributed by atoms with Crippen LogP contribution in [0.25, 0.3) is 0 Å². The number of hydrogen-bond donors (Lipinski definition) is 2. The average Bonchev–Trinajstić information content (AvgIpc) is 3.24. The lowest BCUT2D eigenvalue weighted by molar-refractivity contribution is -0.136. The number of carbonyl (C=O) groups excluding carboxylic acids is 2. The first-order valence-electron chi connectivity index (χ1n) is 10.4. The molecule has 2 aromatic rings. The molecule has 29 heavy (non-hydrogen) atoms. The Hall–Kier alpha value is -2.83. The van der Waals surface area contributed by atoms with Gasteiger partial charge in [-0.2, -0.15) is 0 Å². The van der Waals surface area contributed by atoms with Crippen LogP contribution in [0.5, 0.6) is 0 Å². The van der Waals surface area contributed by atoms with E-state index in [-0.39, 0.29) is 29.6 Å². The SMILES string of the molecule is CC(=O)N1CCCCC[C@@H]2N(C(=O)c3c[nH]c(=O)[nH]3)[C@H](c3ccccc3)C[C@@]21C. The summed E-state index contributed by atoms with van der Waals surface area (Å²) in [5.74, 6) is -0.148. The number of fused-ring (bicyclic) bond motifs is 1. The first kappa shape index (κ1) is 19.5. The van der Waals surface area contributed by atoms with E-state index in [0.717, 1.165) is 31.2 Å². The number of likely N-dealkylation sites (tertiary alicyclic amines) is 2. The van der Waals surface area contributed by atoms with Gasteiger partial charge in [-0.3, -0.25) is 9.59 Å². The van der Waals surface area contributed by atoms with Crippen molar-refractivity contribution < 1.29 is 9.59 Å². The molecule has 2 amide bonds. The van der Waals surface area contributed by atoms with Crippen LogP contribution in [0.3, 0.4) is 0 Å². The Morgan fingerprint density at radius 2 is 1.90 bits per heavy atom. The zero-order valence-electron chi connectivity index (χ0n) is 17.0. The number of nitrogens with zero attached hydrogens (tertiary/aromatic N) is 2. The van der Waals surface area contributed by atoms with E-state index in [4.69, 9.17) is 0 Å². The highest BCUT2D eigenvalue weighted by Gasteiger charge is 2.55. The predicted molar refractivity (Wildman–Crippen MR) is 109 cm³/mol. The van der Waals surface area contributed by atoms with Gasteiger partial charge in [-0.25, -0.2) is 4.79 Å². The summed E-state index contributed by atoms with van der Waals surface area (Å²) in [7, 11) is 0. The van der Waals surface area contributed by atoms with Crippen LogP contribution in [0, 0.1) is 0 Å². The number of rotatable bonds is 2. The third-order valence-electron chi connectivity index (χ3n) is 6.60. The van der Waals surface area contributed by atoms with Crippen LogP contribution in [-0.4, -0.2) is 49.7 Å². The van der Waals surface area contributed by atoms with Crippen molar-refractivity contribution in [1.82, 2.24) is 19.8 Å². The van der Waals surface area contributed by atoms with Crippen LogP contribution in [0.15, 0.2) is 41.3 Å². The van der Waals surface area contributed by atoms with Gasteiger partial charge in [-0.05, 0) is 31.7 Å². The van der Waals surface area contributed by atoms with Crippen LogP contribution in [-0.2, 0) is 4.79 Å². The highest BCUT2D eigenvalue weighted by atomic mass is 16.2. The van der Waals surface area contributed by atoms with Crippen molar-refractivity contribution in [3.8, 4) is 0 Å². The highest BCUT2D eigenvalue weighted by Crippen LogP contribution is 2.48. The Morgan fingerprint density at radius 3 is 2.55 bits per heavy atom. The molecule has 0 radical (unpaired) electrons. The zero-order chi connectivity index (χ0) is 20.6. The lowest BCUT2D eigenvalue weighted by Crippen LogP contribution is -2.58. The Morgan fingerprint density at radius 1 is 1.14 bits per heavy atom. The molecular formula is C22H28N4O3. The number of amides is 2. The van der Waals surface area contributed by atoms with Crippen LogP contribution in [0.4, 0.5) is 0 Å². The number of H-pyrrole nitrogens is 2. The number of aromatic nitrogens is 2. The van der Waals surface area contributed by atoms with Gasteiger partial charge in [0, 0.05) is 19.7 Å². The van der Waals surface area contributed by atoms with E-state index in [1.54, 1.807) is 6.92 Å². The van der Waals surface area contributed by atoms with E-state index in [1.165, 1.54) is 6.20 Å². The average molecular weight is 396 g/mol. The number of hydrogen-bond acceptors (Lipinski definition) is 3. The molecule has 2 N–H and O–H groups in total. The fraction of sp³-hybridized carbons (Fsp3) is 0.500. The van der Waals surface area contributed by atoms with Gasteiger partial charge in [0.25, 0.3) is 5.91 Å². The predicted octanol–water partition coefficient (Wildman–Crippen LogP) is 2.84. The molecule has 2 saturated heterocycles. The number of carbonyl (C=O) groups is 2. The summed E-state index contributed by atoms with van der Waals surface area (Å²) in [6.07, 6.45) is 5.99. The van der Waals surface area contributed by atoms with Gasteiger partial charge in [-0.15, -0.1) is 0 Å². The molecule has 0 saturated carbocycles. The van der Waals surface area contributed by atoms with E-state index < -0.39 is 11.2 Å². The zero-order valence-corrected chi connectivity index (χ0v) is 17.0. The van der Waals surface area contributed by atoms with Gasteiger partial charge in [0.05, 0.1) is 17.6 Å². The Labute approximate surface area is 170 Å². The second-order valence-electron chi connectivity index (χ2n) is 8.39. The van der Waals surface area contributed by atoms with Gasteiger partial charge < -0.3 is 19.8 Å². The molecule has 2 fully saturated rings. The van der Waals surface area contributed by atoms with Crippen LogP contribution < -0.4 is 5.69 Å². The third-order valence-corrected chi connectivity index (χ3v) is 6.60. The van der Waals surface area contributed by atoms with Gasteiger partial charge in [-0.1, -0.05) is 43.2 Å². The molecule has 2 aliphatic rings. The van der Waals surface area contributed by atoms with Crippen LogP contribution in [0.2, 0.25) is 0 Å². The molecule has 154 valence electrons. The smallest absolute Gasteiger partial charge is 0.323 e. The van der Waals surface area contributed by atoms with Gasteiger partial charge in [0.2, 0.25) is 5.91 Å². The minimum Gasteiger partial charge on any atom is -0.335 e. The lowest BCUT2D eigenvalue weighted by Gasteiger charge is -2.45. The first-order valence-corrected chi connectivity index (χ1v) is 10.4. The molecule has 1 aromatic heterocycles. The van der Waals surface area contributed by atoms with E-state index in [9.17, 15) is 14.4 Å². The minimum absolute atomic E-state index is 0.0514. The van der Waals surface area contributed by atoms with Gasteiger partial charge in [0.15, 0.2) is 0 Å². The molecule has 2 aliphatic heterocycles. The summed E-state index contributed by atoms with van der Waals surface area (Å²) in [6.45, 7) is 4.45. The van der Waals surface area contributed by atoms with Crippen LogP contribution in [0.1, 0.15) is 68.0 Å². The Balaban J connectivity index is 1.82. The Kier molecular flexibility index (Phi) is 5.06. The van der Waals surface area contributed by atoms with Crippen molar-refractivity contribution >= 4 is 11.8 Å². The summed E-state index contributed by atoms with van der Waals surface area (Å²) >= 11 is 0. The largest absolute Gasteiger partial charge is 0.335 e. The monoisotopic (exact) mass is 396 g/mol. The number of benzene rings is 1. The molecule has 0 bridgehead atoms. The molecule has 7 heteroatoms. The molecule has 3 heterocycles. The Bertz CT molecular complexity index is 950. The molecule has 3 atom stereocenters. The quantitative estimate of drug-likeness (QED) is 0.818. The maximum atomic E-state index is 13.5. The minimum atomic E-state index is -0.445. The highest BCUT2D eigenvalue weighted by molar-refractivity contribution is 5.93. The third kappa shape index (κ3) is 3.39. The first-order chi connectivity index (χ1) is 13.9. The van der Waals surface area contributed by atoms with Crippen molar-refractivity contribution in [2.45, 2.75) is 63.6 Å². The normalized spacial score (nSPS) is 27.2. The summed E-state index contributed by atoms with van der Waals surface area (Å²) in [4.78, 5) is 46.8. The topological polar surface area (TPSA) is 89.3 Å². The van der Waals surface area contributed by atoms with Crippen molar-refractivity contribution in [1.29, 1.82) is 0 Å². The molecule has 4 rings (SSSR count). The van der Waals surface area contributed by atoms with Crippen molar-refractivity contribution in [3.63, 3.8) is 0 Å². The van der Waals surface area contributed by atoms with Crippen molar-refractivity contribution in [2.24, 2.45) is 0 Å². The summed E-state index contributed by atoms with van der Waals surface area (Å²) in [5, 5.41) is 0. The van der Waals surface area contributed by atoms with Crippen molar-refractivity contribution in [2.75, 3.05) is 6.54 Å². The molecular weight excluding hydrogens is 368 g/mol. The summed E-state index contributed by atoms with van der Waals surface area (Å²) in [6, 6.07) is 9.71. The van der Waals surface area contributed by atoms with E-state index in [1.807, 2.05) is 40.1 Å². The fourth-order valence-corrected chi connectivity index (χ4v) is 5.26. The van der Waals surface area contributed by atoms with E-state index in [2.05, 4.69) is 16.9 Å². The molecule has 1 aromatic carbocycles. The second kappa shape index (κ2) is 7.54. The number of aromatic amines is 2. The summed E-state index contributed by atoms with van der Waals surface area (Å²) in [5.41, 5.74) is 0.473.